The van der Waals surface area contributed by atoms with E-state index in [2.05, 4.69) is 6.92 Å². The van der Waals surface area contributed by atoms with E-state index in [0.717, 1.165) is 25.7 Å². The summed E-state index contributed by atoms with van der Waals surface area (Å²) >= 11 is 0. The lowest BCUT2D eigenvalue weighted by Crippen LogP contribution is -2.20. The molecule has 19 heavy (non-hydrogen) atoms. The summed E-state index contributed by atoms with van der Waals surface area (Å²) in [5.74, 6) is 0. The molecule has 2 N–H and O–H groups in total. The molecule has 0 bridgehead atoms. The number of nitrogens with two attached hydrogens (primary N) is 1. The molecule has 2 rings (SSSR count). The first-order chi connectivity index (χ1) is 9.00. The van der Waals surface area contributed by atoms with Gasteiger partial charge in [-0.05, 0) is 42.4 Å². The van der Waals surface area contributed by atoms with Crippen LogP contribution in [0.2, 0.25) is 0 Å². The first-order valence-electron chi connectivity index (χ1n) is 6.90. The number of rotatable bonds is 3. The highest BCUT2D eigenvalue weighted by Crippen LogP contribution is 2.44. The maximum Gasteiger partial charge on any atom is 0.274 e. The molecule has 1 fully saturated rings. The van der Waals surface area contributed by atoms with Crippen LogP contribution in [0.15, 0.2) is 30.3 Å². The van der Waals surface area contributed by atoms with E-state index in [9.17, 15) is 8.78 Å². The van der Waals surface area contributed by atoms with Gasteiger partial charge in [0.2, 0.25) is 0 Å². The molecule has 0 spiro atoms. The fraction of sp³-hybridized carbons (Fsp3) is 0.500. The van der Waals surface area contributed by atoms with E-state index in [1.54, 1.807) is 24.3 Å². The maximum atomic E-state index is 13.3. The number of allylic oxidation sites excluding steroid dienone is 1. The van der Waals surface area contributed by atoms with Crippen LogP contribution < -0.4 is 5.73 Å². The van der Waals surface area contributed by atoms with Crippen molar-refractivity contribution in [2.75, 3.05) is 5.73 Å². The highest BCUT2D eigenvalue weighted by atomic mass is 19.3. The predicted molar refractivity (Wildman–Crippen MR) is 75.8 cm³/mol. The topological polar surface area (TPSA) is 26.0 Å². The Morgan fingerprint density at radius 2 is 1.89 bits per heavy atom. The van der Waals surface area contributed by atoms with Crippen molar-refractivity contribution in [2.45, 2.75) is 45.4 Å². The number of hydrogen-bond acceptors (Lipinski definition) is 1. The van der Waals surface area contributed by atoms with Crippen molar-refractivity contribution in [1.82, 2.24) is 0 Å². The third-order valence-corrected chi connectivity index (χ3v) is 4.13. The molecule has 0 unspecified atom stereocenters. The van der Waals surface area contributed by atoms with Gasteiger partial charge in [0.25, 0.3) is 6.08 Å². The largest absolute Gasteiger partial charge is 0.399 e. The number of halogens is 2. The molecular weight excluding hydrogens is 244 g/mol. The molecule has 1 aromatic rings. The summed E-state index contributed by atoms with van der Waals surface area (Å²) in [6.45, 7) is 2.13. The lowest BCUT2D eigenvalue weighted by molar-refractivity contribution is 0.220. The second kappa shape index (κ2) is 5.72. The van der Waals surface area contributed by atoms with Gasteiger partial charge in [0.05, 0.1) is 0 Å². The van der Waals surface area contributed by atoms with Crippen molar-refractivity contribution in [2.24, 2.45) is 5.41 Å². The first kappa shape index (κ1) is 14.0. The van der Waals surface area contributed by atoms with Gasteiger partial charge in [-0.2, -0.15) is 8.78 Å². The van der Waals surface area contributed by atoms with E-state index in [-0.39, 0.29) is 11.0 Å². The van der Waals surface area contributed by atoms with Crippen LogP contribution in [0.1, 0.15) is 51.0 Å². The van der Waals surface area contributed by atoms with Crippen LogP contribution in [0.25, 0.3) is 5.57 Å². The average molecular weight is 265 g/mol. The predicted octanol–water partition coefficient (Wildman–Crippen LogP) is 5.24. The molecule has 0 amide bonds. The minimum atomic E-state index is -1.57. The number of benzene rings is 1. The van der Waals surface area contributed by atoms with Crippen LogP contribution in [0.4, 0.5) is 14.5 Å². The van der Waals surface area contributed by atoms with Crippen LogP contribution in [-0.2, 0) is 0 Å². The molecule has 0 aromatic heterocycles. The van der Waals surface area contributed by atoms with Crippen LogP contribution in [0.3, 0.4) is 0 Å². The molecule has 0 saturated heterocycles. The Morgan fingerprint density at radius 1 is 1.21 bits per heavy atom. The zero-order valence-corrected chi connectivity index (χ0v) is 11.4. The fourth-order valence-corrected chi connectivity index (χ4v) is 3.01. The Bertz CT molecular complexity index is 469. The smallest absolute Gasteiger partial charge is 0.274 e. The van der Waals surface area contributed by atoms with Crippen molar-refractivity contribution < 1.29 is 8.78 Å². The van der Waals surface area contributed by atoms with Gasteiger partial charge < -0.3 is 5.73 Å². The van der Waals surface area contributed by atoms with E-state index >= 15 is 0 Å². The Hall–Kier alpha value is -1.38. The molecule has 104 valence electrons. The van der Waals surface area contributed by atoms with E-state index in [1.165, 1.54) is 6.42 Å². The average Bonchev–Trinajstić information content (AvgIpc) is 2.36. The molecule has 1 aliphatic rings. The lowest BCUT2D eigenvalue weighted by atomic mass is 9.71. The monoisotopic (exact) mass is 265 g/mol. The van der Waals surface area contributed by atoms with E-state index < -0.39 is 6.08 Å². The molecule has 3 heteroatoms. The number of anilines is 1. The zero-order valence-electron chi connectivity index (χ0n) is 11.4. The standard InChI is InChI=1S/C16H21F2N/c1-16(8-3-2-4-9-16)11-14(15(17)18)12-6-5-7-13(19)10-12/h5-7,10H,2-4,8-9,11,19H2,1H3. The van der Waals surface area contributed by atoms with Crippen LogP contribution in [0.5, 0.6) is 0 Å². The third-order valence-electron chi connectivity index (χ3n) is 4.13. The summed E-state index contributed by atoms with van der Waals surface area (Å²) < 4.78 is 26.6. The van der Waals surface area contributed by atoms with Gasteiger partial charge in [0, 0.05) is 11.3 Å². The van der Waals surface area contributed by atoms with Crippen molar-refractivity contribution in [3.05, 3.63) is 35.9 Å². The van der Waals surface area contributed by atoms with Crippen LogP contribution in [-0.4, -0.2) is 0 Å². The molecule has 0 radical (unpaired) electrons. The molecule has 1 saturated carbocycles. The number of hydrogen-bond donors (Lipinski definition) is 1. The van der Waals surface area contributed by atoms with Gasteiger partial charge in [-0.3, -0.25) is 0 Å². The molecular formula is C16H21F2N. The maximum absolute atomic E-state index is 13.3. The molecule has 0 aliphatic heterocycles. The SMILES string of the molecule is CC1(CC(=C(F)F)c2cccc(N)c2)CCCCC1. The van der Waals surface area contributed by atoms with Gasteiger partial charge in [-0.15, -0.1) is 0 Å². The van der Waals surface area contributed by atoms with E-state index in [0.29, 0.717) is 17.7 Å². The van der Waals surface area contributed by atoms with Crippen LogP contribution in [0, 0.1) is 5.41 Å². The van der Waals surface area contributed by atoms with Gasteiger partial charge in [-0.1, -0.05) is 38.3 Å². The Morgan fingerprint density at radius 3 is 2.47 bits per heavy atom. The molecule has 1 aliphatic carbocycles. The highest BCUT2D eigenvalue weighted by molar-refractivity contribution is 5.69. The van der Waals surface area contributed by atoms with E-state index in [4.69, 9.17) is 5.73 Å². The second-order valence-corrected chi connectivity index (χ2v) is 5.91. The minimum Gasteiger partial charge on any atom is -0.399 e. The van der Waals surface area contributed by atoms with Gasteiger partial charge >= 0.3 is 0 Å². The third kappa shape index (κ3) is 3.55. The van der Waals surface area contributed by atoms with Gasteiger partial charge in [0.1, 0.15) is 0 Å². The quantitative estimate of drug-likeness (QED) is 0.743. The van der Waals surface area contributed by atoms with Crippen molar-refractivity contribution >= 4 is 11.3 Å². The van der Waals surface area contributed by atoms with Crippen molar-refractivity contribution in [3.8, 4) is 0 Å². The summed E-state index contributed by atoms with van der Waals surface area (Å²) in [5.41, 5.74) is 6.95. The second-order valence-electron chi connectivity index (χ2n) is 5.91. The first-order valence-corrected chi connectivity index (χ1v) is 6.90. The lowest BCUT2D eigenvalue weighted by Gasteiger charge is -2.34. The summed E-state index contributed by atoms with van der Waals surface area (Å²) in [6.07, 6.45) is 4.46. The zero-order chi connectivity index (χ0) is 13.9. The van der Waals surface area contributed by atoms with Crippen LogP contribution >= 0.6 is 0 Å². The van der Waals surface area contributed by atoms with Gasteiger partial charge in [-0.25, -0.2) is 0 Å². The Kier molecular flexibility index (Phi) is 4.23. The Balaban J connectivity index is 2.25. The molecule has 0 heterocycles. The normalized spacial score (nSPS) is 18.1. The molecule has 1 aromatic carbocycles. The highest BCUT2D eigenvalue weighted by Gasteiger charge is 2.29. The summed E-state index contributed by atoms with van der Waals surface area (Å²) in [6, 6.07) is 6.81. The molecule has 1 nitrogen and oxygen atoms in total. The summed E-state index contributed by atoms with van der Waals surface area (Å²) in [7, 11) is 0. The summed E-state index contributed by atoms with van der Waals surface area (Å²) in [4.78, 5) is 0. The van der Waals surface area contributed by atoms with E-state index in [1.807, 2.05) is 0 Å². The van der Waals surface area contributed by atoms with Gasteiger partial charge in [0.15, 0.2) is 0 Å². The van der Waals surface area contributed by atoms with Crippen molar-refractivity contribution in [3.63, 3.8) is 0 Å². The fourth-order valence-electron chi connectivity index (χ4n) is 3.01. The summed E-state index contributed by atoms with van der Waals surface area (Å²) in [5, 5.41) is 0. The molecule has 0 atom stereocenters. The Labute approximate surface area is 113 Å². The minimum absolute atomic E-state index is 0.00160. The van der Waals surface area contributed by atoms with Crippen molar-refractivity contribution in [1.29, 1.82) is 0 Å². The number of nitrogen functional groups attached to an aromatic ring is 1.